The van der Waals surface area contributed by atoms with E-state index in [9.17, 15) is 4.79 Å². The Kier molecular flexibility index (Phi) is 6.49. The molecule has 0 aliphatic heterocycles. The van der Waals surface area contributed by atoms with Crippen LogP contribution in [-0.4, -0.2) is 32.8 Å². The molecular weight excluding hydrogens is 306 g/mol. The van der Waals surface area contributed by atoms with Crippen LogP contribution in [0.25, 0.3) is 0 Å². The summed E-state index contributed by atoms with van der Waals surface area (Å²) in [6, 6.07) is 13.4. The maximum atomic E-state index is 11.8. The second-order valence-corrected chi connectivity index (χ2v) is 5.46. The Bertz CT molecular complexity index is 685. The molecule has 2 aromatic carbocycles. The van der Waals surface area contributed by atoms with E-state index >= 15 is 0 Å². The Morgan fingerprint density at radius 2 is 1.79 bits per heavy atom. The molecule has 128 valence electrons. The van der Waals surface area contributed by atoms with E-state index in [-0.39, 0.29) is 12.5 Å². The summed E-state index contributed by atoms with van der Waals surface area (Å²) >= 11 is 0. The average Bonchev–Trinajstić information content (AvgIpc) is 2.57. The molecule has 24 heavy (non-hydrogen) atoms. The maximum absolute atomic E-state index is 11.8. The summed E-state index contributed by atoms with van der Waals surface area (Å²) in [5.41, 5.74) is 2.20. The zero-order valence-electron chi connectivity index (χ0n) is 14.3. The fourth-order valence-electron chi connectivity index (χ4n) is 2.15. The minimum atomic E-state index is -0.203. The summed E-state index contributed by atoms with van der Waals surface area (Å²) in [4.78, 5) is 11.8. The third-order valence-electron chi connectivity index (χ3n) is 3.36. The van der Waals surface area contributed by atoms with Gasteiger partial charge in [0.05, 0.1) is 13.7 Å². The van der Waals surface area contributed by atoms with Crippen molar-refractivity contribution < 1.29 is 19.0 Å². The summed E-state index contributed by atoms with van der Waals surface area (Å²) < 4.78 is 16.3. The van der Waals surface area contributed by atoms with Gasteiger partial charge in [0.1, 0.15) is 12.4 Å². The second kappa shape index (κ2) is 8.82. The van der Waals surface area contributed by atoms with Gasteiger partial charge >= 0.3 is 0 Å². The van der Waals surface area contributed by atoms with Crippen LogP contribution in [0.2, 0.25) is 0 Å². The number of carbonyl (C=O) groups excluding carboxylic acids is 1. The number of methoxy groups -OCH3 is 1. The van der Waals surface area contributed by atoms with Gasteiger partial charge < -0.3 is 19.5 Å². The van der Waals surface area contributed by atoms with Crippen LogP contribution >= 0.6 is 0 Å². The summed E-state index contributed by atoms with van der Waals surface area (Å²) in [6.07, 6.45) is 0. The highest BCUT2D eigenvalue weighted by Crippen LogP contribution is 2.27. The molecule has 0 unspecified atom stereocenters. The van der Waals surface area contributed by atoms with Crippen molar-refractivity contribution in [1.82, 2.24) is 5.32 Å². The van der Waals surface area contributed by atoms with Gasteiger partial charge in [-0.15, -0.1) is 0 Å². The molecule has 0 bridgehead atoms. The monoisotopic (exact) mass is 329 g/mol. The Hall–Kier alpha value is -2.69. The van der Waals surface area contributed by atoms with Crippen LogP contribution < -0.4 is 19.5 Å². The van der Waals surface area contributed by atoms with Crippen LogP contribution in [-0.2, 0) is 4.79 Å². The molecule has 0 aliphatic carbocycles. The van der Waals surface area contributed by atoms with Crippen LogP contribution in [0.4, 0.5) is 0 Å². The smallest absolute Gasteiger partial charge is 0.258 e. The molecule has 0 aromatic heterocycles. The minimum absolute atomic E-state index is 0.0656. The highest BCUT2D eigenvalue weighted by atomic mass is 16.5. The Labute approximate surface area is 142 Å². The molecular formula is C19H23NO4. The molecule has 1 N–H and O–H groups in total. The van der Waals surface area contributed by atoms with E-state index in [0.717, 1.165) is 16.9 Å². The molecule has 0 aliphatic rings. The number of amides is 1. The normalized spacial score (nSPS) is 10.1. The Morgan fingerprint density at radius 3 is 2.54 bits per heavy atom. The quantitative estimate of drug-likeness (QED) is 0.757. The Morgan fingerprint density at radius 1 is 1.00 bits per heavy atom. The molecule has 2 rings (SSSR count). The fourth-order valence-corrected chi connectivity index (χ4v) is 2.15. The third kappa shape index (κ3) is 5.50. The van der Waals surface area contributed by atoms with Gasteiger partial charge in [-0.25, -0.2) is 0 Å². The number of nitrogens with one attached hydrogen (secondary N) is 1. The van der Waals surface area contributed by atoms with Crippen molar-refractivity contribution in [3.8, 4) is 17.2 Å². The third-order valence-corrected chi connectivity index (χ3v) is 3.36. The van der Waals surface area contributed by atoms with Gasteiger partial charge in [-0.05, 0) is 49.2 Å². The lowest BCUT2D eigenvalue weighted by Gasteiger charge is -2.12. The van der Waals surface area contributed by atoms with Gasteiger partial charge in [-0.3, -0.25) is 4.79 Å². The van der Waals surface area contributed by atoms with Crippen LogP contribution in [0.3, 0.4) is 0 Å². The molecule has 0 saturated heterocycles. The zero-order valence-corrected chi connectivity index (χ0v) is 14.3. The van der Waals surface area contributed by atoms with Gasteiger partial charge in [0.25, 0.3) is 5.91 Å². The fraction of sp³-hybridized carbons (Fsp3) is 0.316. The number of carbonyl (C=O) groups is 1. The van der Waals surface area contributed by atoms with E-state index in [4.69, 9.17) is 14.2 Å². The number of hydrogen-bond donors (Lipinski definition) is 1. The summed E-state index contributed by atoms with van der Waals surface area (Å²) in [5.74, 6) is 1.76. The maximum Gasteiger partial charge on any atom is 0.258 e. The second-order valence-electron chi connectivity index (χ2n) is 5.46. The SMILES string of the molecule is COc1cc(C)ccc1OCC(=O)NCCOc1cccc(C)c1. The standard InChI is InChI=1S/C19H23NO4/c1-14-5-4-6-16(11-14)23-10-9-20-19(21)13-24-17-8-7-15(2)12-18(17)22-3/h4-8,11-12H,9-10,13H2,1-3H3,(H,20,21). The summed E-state index contributed by atoms with van der Waals surface area (Å²) in [6.45, 7) is 4.73. The van der Waals surface area contributed by atoms with Crippen LogP contribution in [0.1, 0.15) is 11.1 Å². The number of rotatable bonds is 8. The van der Waals surface area contributed by atoms with Crippen molar-refractivity contribution >= 4 is 5.91 Å². The molecule has 5 heteroatoms. The number of aryl methyl sites for hydroxylation is 2. The lowest BCUT2D eigenvalue weighted by Crippen LogP contribution is -2.32. The highest BCUT2D eigenvalue weighted by molar-refractivity contribution is 5.77. The zero-order chi connectivity index (χ0) is 17.4. The number of hydrogen-bond acceptors (Lipinski definition) is 4. The van der Waals surface area contributed by atoms with Crippen molar-refractivity contribution in [3.05, 3.63) is 53.6 Å². The van der Waals surface area contributed by atoms with E-state index < -0.39 is 0 Å². The van der Waals surface area contributed by atoms with Gasteiger partial charge in [-0.1, -0.05) is 18.2 Å². The number of ether oxygens (including phenoxy) is 3. The first-order chi connectivity index (χ1) is 11.6. The van der Waals surface area contributed by atoms with Crippen molar-refractivity contribution in [3.63, 3.8) is 0 Å². The molecule has 1 amide bonds. The van der Waals surface area contributed by atoms with Gasteiger partial charge in [0.15, 0.2) is 18.1 Å². The van der Waals surface area contributed by atoms with E-state index in [1.807, 2.05) is 50.2 Å². The summed E-state index contributed by atoms with van der Waals surface area (Å²) in [7, 11) is 1.57. The van der Waals surface area contributed by atoms with E-state index in [2.05, 4.69) is 5.32 Å². The topological polar surface area (TPSA) is 56.8 Å². The molecule has 0 spiro atoms. The highest BCUT2D eigenvalue weighted by Gasteiger charge is 2.07. The molecule has 2 aromatic rings. The molecule has 0 radical (unpaired) electrons. The van der Waals surface area contributed by atoms with Crippen LogP contribution in [0.15, 0.2) is 42.5 Å². The first-order valence-electron chi connectivity index (χ1n) is 7.82. The van der Waals surface area contributed by atoms with E-state index in [1.54, 1.807) is 13.2 Å². The first-order valence-corrected chi connectivity index (χ1v) is 7.82. The molecule has 5 nitrogen and oxygen atoms in total. The van der Waals surface area contributed by atoms with Gasteiger partial charge in [0, 0.05) is 0 Å². The lowest BCUT2D eigenvalue weighted by atomic mass is 10.2. The van der Waals surface area contributed by atoms with Gasteiger partial charge in [-0.2, -0.15) is 0 Å². The molecule has 0 heterocycles. The van der Waals surface area contributed by atoms with Crippen LogP contribution in [0, 0.1) is 13.8 Å². The van der Waals surface area contributed by atoms with Crippen molar-refractivity contribution in [2.75, 3.05) is 26.9 Å². The first kappa shape index (κ1) is 17.7. The van der Waals surface area contributed by atoms with E-state index in [1.165, 1.54) is 0 Å². The predicted octanol–water partition coefficient (Wildman–Crippen LogP) is 2.89. The number of benzene rings is 2. The predicted molar refractivity (Wildman–Crippen MR) is 92.9 cm³/mol. The molecule has 0 atom stereocenters. The Balaban J connectivity index is 1.70. The molecule has 0 fully saturated rings. The van der Waals surface area contributed by atoms with E-state index in [0.29, 0.717) is 24.7 Å². The van der Waals surface area contributed by atoms with Crippen LogP contribution in [0.5, 0.6) is 17.2 Å². The molecule has 0 saturated carbocycles. The lowest BCUT2D eigenvalue weighted by molar-refractivity contribution is -0.123. The largest absolute Gasteiger partial charge is 0.493 e. The summed E-state index contributed by atoms with van der Waals surface area (Å²) in [5, 5.41) is 2.76. The van der Waals surface area contributed by atoms with Crippen molar-refractivity contribution in [2.24, 2.45) is 0 Å². The van der Waals surface area contributed by atoms with Gasteiger partial charge in [0.2, 0.25) is 0 Å². The van der Waals surface area contributed by atoms with Crippen molar-refractivity contribution in [2.45, 2.75) is 13.8 Å². The average molecular weight is 329 g/mol. The minimum Gasteiger partial charge on any atom is -0.493 e. The van der Waals surface area contributed by atoms with Crippen molar-refractivity contribution in [1.29, 1.82) is 0 Å².